The van der Waals surface area contributed by atoms with Crippen LogP contribution >= 0.6 is 11.6 Å². The van der Waals surface area contributed by atoms with E-state index in [-0.39, 0.29) is 0 Å². The molecule has 1 saturated heterocycles. The fraction of sp³-hybridized carbons (Fsp3) is 0.556. The second kappa shape index (κ2) is 8.56. The van der Waals surface area contributed by atoms with Gasteiger partial charge in [-0.25, -0.2) is 0 Å². The average Bonchev–Trinajstić information content (AvgIpc) is 2.48. The monoisotopic (exact) mass is 322 g/mol. The lowest BCUT2D eigenvalue weighted by Crippen LogP contribution is -2.46. The van der Waals surface area contributed by atoms with Crippen molar-refractivity contribution in [3.8, 4) is 5.75 Å². The van der Waals surface area contributed by atoms with Gasteiger partial charge < -0.3 is 4.74 Å². The maximum atomic E-state index is 6.30. The van der Waals surface area contributed by atoms with E-state index < -0.39 is 0 Å². The molecule has 0 atom stereocenters. The number of rotatable bonds is 7. The van der Waals surface area contributed by atoms with Gasteiger partial charge in [-0.3, -0.25) is 9.80 Å². The van der Waals surface area contributed by atoms with Gasteiger partial charge in [0, 0.05) is 39.3 Å². The van der Waals surface area contributed by atoms with Crippen molar-refractivity contribution < 1.29 is 4.74 Å². The summed E-state index contributed by atoms with van der Waals surface area (Å²) in [6.07, 6.45) is 0.993. The van der Waals surface area contributed by atoms with E-state index in [1.807, 2.05) is 12.1 Å². The fourth-order valence-electron chi connectivity index (χ4n) is 2.72. The SMILES string of the molecule is C=C(C)CN1CCN(Cc2ccc(OCCC)c(Cl)c2)CC1. The van der Waals surface area contributed by atoms with Crippen LogP contribution in [-0.4, -0.2) is 49.1 Å². The Bertz CT molecular complexity index is 496. The molecule has 0 amide bonds. The molecule has 1 aromatic rings. The number of hydrogen-bond acceptors (Lipinski definition) is 3. The van der Waals surface area contributed by atoms with E-state index in [4.69, 9.17) is 16.3 Å². The molecule has 0 aliphatic carbocycles. The number of halogens is 1. The predicted octanol–water partition coefficient (Wildman–Crippen LogP) is 3.82. The van der Waals surface area contributed by atoms with Crippen molar-refractivity contribution in [2.24, 2.45) is 0 Å². The summed E-state index contributed by atoms with van der Waals surface area (Å²) in [6, 6.07) is 6.15. The molecule has 4 heteroatoms. The number of hydrogen-bond donors (Lipinski definition) is 0. The van der Waals surface area contributed by atoms with Crippen molar-refractivity contribution in [3.63, 3.8) is 0 Å². The van der Waals surface area contributed by atoms with E-state index in [1.54, 1.807) is 0 Å². The van der Waals surface area contributed by atoms with Gasteiger partial charge in [0.2, 0.25) is 0 Å². The summed E-state index contributed by atoms with van der Waals surface area (Å²) in [5.74, 6) is 0.790. The molecule has 1 aliphatic rings. The largest absolute Gasteiger partial charge is 0.492 e. The third kappa shape index (κ3) is 5.31. The summed E-state index contributed by atoms with van der Waals surface area (Å²) in [7, 11) is 0. The molecule has 0 N–H and O–H groups in total. The Morgan fingerprint density at radius 3 is 2.50 bits per heavy atom. The molecule has 1 heterocycles. The van der Waals surface area contributed by atoms with Crippen LogP contribution in [0.5, 0.6) is 5.75 Å². The van der Waals surface area contributed by atoms with Crippen LogP contribution in [0.1, 0.15) is 25.8 Å². The first-order chi connectivity index (χ1) is 10.6. The van der Waals surface area contributed by atoms with Crippen molar-refractivity contribution >= 4 is 11.6 Å². The van der Waals surface area contributed by atoms with Gasteiger partial charge >= 0.3 is 0 Å². The topological polar surface area (TPSA) is 15.7 Å². The van der Waals surface area contributed by atoms with E-state index in [1.165, 1.54) is 11.1 Å². The van der Waals surface area contributed by atoms with Crippen molar-refractivity contribution in [1.82, 2.24) is 9.80 Å². The molecule has 122 valence electrons. The van der Waals surface area contributed by atoms with E-state index in [9.17, 15) is 0 Å². The minimum absolute atomic E-state index is 0.712. The summed E-state index contributed by atoms with van der Waals surface area (Å²) in [4.78, 5) is 4.95. The van der Waals surface area contributed by atoms with Gasteiger partial charge in [0.1, 0.15) is 5.75 Å². The fourth-order valence-corrected chi connectivity index (χ4v) is 2.97. The Hall–Kier alpha value is -1.03. The number of piperazine rings is 1. The highest BCUT2D eigenvalue weighted by molar-refractivity contribution is 6.32. The number of benzene rings is 1. The first-order valence-corrected chi connectivity index (χ1v) is 8.46. The molecule has 0 aromatic heterocycles. The van der Waals surface area contributed by atoms with Crippen LogP contribution in [-0.2, 0) is 6.54 Å². The summed E-state index contributed by atoms with van der Waals surface area (Å²) in [5.41, 5.74) is 2.49. The Morgan fingerprint density at radius 2 is 1.91 bits per heavy atom. The summed E-state index contributed by atoms with van der Waals surface area (Å²) < 4.78 is 5.62. The number of ether oxygens (including phenoxy) is 1. The summed E-state index contributed by atoms with van der Waals surface area (Å²) in [5, 5.41) is 0.715. The Labute approximate surface area is 139 Å². The third-order valence-corrected chi connectivity index (χ3v) is 4.12. The van der Waals surface area contributed by atoms with Crippen LogP contribution in [0.2, 0.25) is 5.02 Å². The average molecular weight is 323 g/mol. The molecule has 22 heavy (non-hydrogen) atoms. The van der Waals surface area contributed by atoms with Gasteiger partial charge in [-0.15, -0.1) is 0 Å². The molecular formula is C18H27ClN2O. The van der Waals surface area contributed by atoms with Crippen LogP contribution in [0.15, 0.2) is 30.4 Å². The predicted molar refractivity (Wildman–Crippen MR) is 93.8 cm³/mol. The van der Waals surface area contributed by atoms with Crippen molar-refractivity contribution in [2.45, 2.75) is 26.8 Å². The van der Waals surface area contributed by atoms with Crippen LogP contribution in [0.3, 0.4) is 0 Å². The zero-order valence-corrected chi connectivity index (χ0v) is 14.5. The molecule has 3 nitrogen and oxygen atoms in total. The van der Waals surface area contributed by atoms with Crippen molar-refractivity contribution in [2.75, 3.05) is 39.3 Å². The van der Waals surface area contributed by atoms with E-state index in [0.717, 1.165) is 51.4 Å². The third-order valence-electron chi connectivity index (χ3n) is 3.82. The molecule has 0 radical (unpaired) electrons. The molecule has 0 unspecified atom stereocenters. The maximum Gasteiger partial charge on any atom is 0.137 e. The van der Waals surface area contributed by atoms with Crippen molar-refractivity contribution in [1.29, 1.82) is 0 Å². The van der Waals surface area contributed by atoms with Gasteiger partial charge in [-0.1, -0.05) is 36.7 Å². The zero-order chi connectivity index (χ0) is 15.9. The van der Waals surface area contributed by atoms with Crippen LogP contribution in [0.25, 0.3) is 0 Å². The lowest BCUT2D eigenvalue weighted by Gasteiger charge is -2.34. The van der Waals surface area contributed by atoms with Gasteiger partial charge in [0.05, 0.1) is 11.6 Å². The van der Waals surface area contributed by atoms with Crippen LogP contribution in [0.4, 0.5) is 0 Å². The van der Waals surface area contributed by atoms with Crippen LogP contribution < -0.4 is 4.74 Å². The molecule has 2 rings (SSSR count). The molecule has 1 aromatic carbocycles. The standard InChI is InChI=1S/C18H27ClN2O/c1-4-11-22-18-6-5-16(12-17(18)19)14-21-9-7-20(8-10-21)13-15(2)3/h5-6,12H,2,4,7-11,13-14H2,1,3H3. The lowest BCUT2D eigenvalue weighted by atomic mass is 10.2. The van der Waals surface area contributed by atoms with E-state index in [0.29, 0.717) is 11.6 Å². The van der Waals surface area contributed by atoms with E-state index in [2.05, 4.69) is 36.3 Å². The minimum Gasteiger partial charge on any atom is -0.492 e. The molecular weight excluding hydrogens is 296 g/mol. The summed E-state index contributed by atoms with van der Waals surface area (Å²) in [6.45, 7) is 15.3. The van der Waals surface area contributed by atoms with Crippen molar-refractivity contribution in [3.05, 3.63) is 40.9 Å². The van der Waals surface area contributed by atoms with Gasteiger partial charge in [-0.2, -0.15) is 0 Å². The molecule has 0 saturated carbocycles. The second-order valence-electron chi connectivity index (χ2n) is 6.12. The lowest BCUT2D eigenvalue weighted by molar-refractivity contribution is 0.135. The molecule has 0 bridgehead atoms. The Kier molecular flexibility index (Phi) is 6.74. The zero-order valence-electron chi connectivity index (χ0n) is 13.8. The van der Waals surface area contributed by atoms with Gasteiger partial charge in [-0.05, 0) is 31.0 Å². The first kappa shape index (κ1) is 17.3. The molecule has 1 fully saturated rings. The van der Waals surface area contributed by atoms with E-state index >= 15 is 0 Å². The molecule has 1 aliphatic heterocycles. The highest BCUT2D eigenvalue weighted by Gasteiger charge is 2.17. The minimum atomic E-state index is 0.712. The first-order valence-electron chi connectivity index (χ1n) is 8.08. The molecule has 0 spiro atoms. The maximum absolute atomic E-state index is 6.30. The van der Waals surface area contributed by atoms with Crippen LogP contribution in [0, 0.1) is 0 Å². The second-order valence-corrected chi connectivity index (χ2v) is 6.53. The smallest absolute Gasteiger partial charge is 0.137 e. The summed E-state index contributed by atoms with van der Waals surface area (Å²) >= 11 is 6.30. The quantitative estimate of drug-likeness (QED) is 0.710. The highest BCUT2D eigenvalue weighted by Crippen LogP contribution is 2.26. The highest BCUT2D eigenvalue weighted by atomic mass is 35.5. The van der Waals surface area contributed by atoms with Gasteiger partial charge in [0.25, 0.3) is 0 Å². The normalized spacial score (nSPS) is 16.7. The Morgan fingerprint density at radius 1 is 1.23 bits per heavy atom. The number of nitrogens with zero attached hydrogens (tertiary/aromatic N) is 2. The Balaban J connectivity index is 1.84. The van der Waals surface area contributed by atoms with Gasteiger partial charge in [0.15, 0.2) is 0 Å².